The number of carbonyl (C=O) groups excluding carboxylic acids is 1. The highest BCUT2D eigenvalue weighted by atomic mass is 28.4. The zero-order chi connectivity index (χ0) is 11.2. The van der Waals surface area contributed by atoms with Crippen molar-refractivity contribution in [1.29, 1.82) is 0 Å². The average molecular weight is 212 g/mol. The number of hydrogen-bond acceptors (Lipinski definition) is 2. The van der Waals surface area contributed by atoms with Gasteiger partial charge in [0.2, 0.25) is 8.32 Å². The maximum Gasteiger partial charge on any atom is 0.324 e. The summed E-state index contributed by atoms with van der Waals surface area (Å²) in [6, 6.07) is 0. The lowest BCUT2D eigenvalue weighted by Gasteiger charge is -2.17. The Morgan fingerprint density at radius 1 is 1.36 bits per heavy atom. The molecule has 0 unspecified atom stereocenters. The van der Waals surface area contributed by atoms with Crippen LogP contribution in [0.25, 0.3) is 0 Å². The predicted molar refractivity (Wildman–Crippen MR) is 62.6 cm³/mol. The first-order valence-electron chi connectivity index (χ1n) is 4.97. The van der Waals surface area contributed by atoms with Crippen molar-refractivity contribution in [3.8, 4) is 0 Å². The molecule has 0 aromatic carbocycles. The third kappa shape index (κ3) is 5.75. The minimum Gasteiger partial charge on any atom is -0.516 e. The highest BCUT2D eigenvalue weighted by Gasteiger charge is 2.20. The van der Waals surface area contributed by atoms with Gasteiger partial charge in [0.15, 0.2) is 0 Å². The van der Waals surface area contributed by atoms with E-state index in [2.05, 4.69) is 0 Å². The van der Waals surface area contributed by atoms with Gasteiger partial charge in [-0.2, -0.15) is 0 Å². The largest absolute Gasteiger partial charge is 0.516 e. The summed E-state index contributed by atoms with van der Waals surface area (Å²) in [5.74, 6) is -0.191. The van der Waals surface area contributed by atoms with Crippen molar-refractivity contribution in [2.75, 3.05) is 0 Å². The summed E-state index contributed by atoms with van der Waals surface area (Å²) in [4.78, 5) is 11.6. The van der Waals surface area contributed by atoms with Gasteiger partial charge in [0.1, 0.15) is 0 Å². The lowest BCUT2D eigenvalue weighted by atomic mass is 10.2. The van der Waals surface area contributed by atoms with E-state index in [1.54, 1.807) is 6.08 Å². The van der Waals surface area contributed by atoms with Crippen LogP contribution < -0.4 is 0 Å². The van der Waals surface area contributed by atoms with Gasteiger partial charge in [-0.25, -0.2) is 4.79 Å². The number of hydrogen-bond donors (Lipinski definition) is 0. The molecule has 0 saturated heterocycles. The molecule has 0 N–H and O–H groups in total. The zero-order valence-corrected chi connectivity index (χ0v) is 10.8. The van der Waals surface area contributed by atoms with Gasteiger partial charge < -0.3 is 4.43 Å². The molecule has 0 heterocycles. The topological polar surface area (TPSA) is 26.3 Å². The SMILES string of the molecule is C/C=C/C(=C\CC)C(=O)O[Si](C)(C)C. The second-order valence-electron chi connectivity index (χ2n) is 4.07. The molecule has 0 spiro atoms. The standard InChI is InChI=1S/C11H20O2Si/c1-6-8-10(9-7-2)11(12)13-14(3,4)5/h6,8-9H,7H2,1-5H3/b8-6+,10-9+. The molecular weight excluding hydrogens is 192 g/mol. The maximum absolute atomic E-state index is 11.6. The van der Waals surface area contributed by atoms with E-state index in [-0.39, 0.29) is 5.97 Å². The van der Waals surface area contributed by atoms with Crippen LogP contribution >= 0.6 is 0 Å². The van der Waals surface area contributed by atoms with Crippen LogP contribution in [-0.4, -0.2) is 14.3 Å². The molecule has 0 aliphatic heterocycles. The van der Waals surface area contributed by atoms with E-state index in [0.29, 0.717) is 5.57 Å². The van der Waals surface area contributed by atoms with E-state index in [9.17, 15) is 4.79 Å². The zero-order valence-electron chi connectivity index (χ0n) is 9.76. The van der Waals surface area contributed by atoms with Crippen LogP contribution in [0.2, 0.25) is 19.6 Å². The molecule has 0 saturated carbocycles. The van der Waals surface area contributed by atoms with Crippen molar-refractivity contribution in [3.63, 3.8) is 0 Å². The molecule has 14 heavy (non-hydrogen) atoms. The van der Waals surface area contributed by atoms with Gasteiger partial charge >= 0.3 is 5.97 Å². The molecule has 0 fully saturated rings. The molecule has 0 bridgehead atoms. The van der Waals surface area contributed by atoms with Gasteiger partial charge in [0, 0.05) is 0 Å². The van der Waals surface area contributed by atoms with Crippen LogP contribution in [0.5, 0.6) is 0 Å². The van der Waals surface area contributed by atoms with E-state index in [4.69, 9.17) is 4.43 Å². The number of carbonyl (C=O) groups is 1. The molecular formula is C11H20O2Si. The fourth-order valence-electron chi connectivity index (χ4n) is 0.956. The van der Waals surface area contributed by atoms with E-state index in [0.717, 1.165) is 6.42 Å². The predicted octanol–water partition coefficient (Wildman–Crippen LogP) is 3.28. The quantitative estimate of drug-likeness (QED) is 0.406. The summed E-state index contributed by atoms with van der Waals surface area (Å²) >= 11 is 0. The lowest BCUT2D eigenvalue weighted by molar-refractivity contribution is -0.130. The Labute approximate surface area is 87.8 Å². The molecule has 3 heteroatoms. The number of rotatable bonds is 4. The first-order chi connectivity index (χ1) is 6.40. The second kappa shape index (κ2) is 5.80. The Morgan fingerprint density at radius 3 is 2.29 bits per heavy atom. The Balaban J connectivity index is 4.55. The van der Waals surface area contributed by atoms with Gasteiger partial charge in [0.05, 0.1) is 5.57 Å². The van der Waals surface area contributed by atoms with E-state index in [1.165, 1.54) is 0 Å². The highest BCUT2D eigenvalue weighted by Crippen LogP contribution is 2.09. The van der Waals surface area contributed by atoms with Gasteiger partial charge in [0.25, 0.3) is 0 Å². The van der Waals surface area contributed by atoms with Gasteiger partial charge in [-0.3, -0.25) is 0 Å². The van der Waals surface area contributed by atoms with Crippen LogP contribution in [0.3, 0.4) is 0 Å². The van der Waals surface area contributed by atoms with E-state index < -0.39 is 8.32 Å². The Bertz CT molecular complexity index is 247. The van der Waals surface area contributed by atoms with Crippen molar-refractivity contribution in [2.45, 2.75) is 39.9 Å². The summed E-state index contributed by atoms with van der Waals surface area (Å²) < 4.78 is 5.39. The summed E-state index contributed by atoms with van der Waals surface area (Å²) in [5.41, 5.74) is 0.664. The van der Waals surface area contributed by atoms with Crippen molar-refractivity contribution >= 4 is 14.3 Å². The molecule has 0 aromatic heterocycles. The Kier molecular flexibility index (Phi) is 5.46. The molecule has 80 valence electrons. The van der Waals surface area contributed by atoms with Gasteiger partial charge in [-0.05, 0) is 33.0 Å². The smallest absolute Gasteiger partial charge is 0.324 e. The second-order valence-corrected chi connectivity index (χ2v) is 8.50. The molecule has 0 atom stereocenters. The highest BCUT2D eigenvalue weighted by molar-refractivity contribution is 6.71. The molecule has 0 rings (SSSR count). The summed E-state index contributed by atoms with van der Waals surface area (Å²) in [7, 11) is -1.77. The fraction of sp³-hybridized carbons (Fsp3) is 0.545. The summed E-state index contributed by atoms with van der Waals surface area (Å²) in [6.07, 6.45) is 6.39. The van der Waals surface area contributed by atoms with Crippen LogP contribution in [0, 0.1) is 0 Å². The molecule has 2 nitrogen and oxygen atoms in total. The number of allylic oxidation sites excluding steroid dienone is 2. The minimum atomic E-state index is -1.77. The van der Waals surface area contributed by atoms with Crippen LogP contribution in [0.15, 0.2) is 23.8 Å². The first kappa shape index (κ1) is 13.2. The van der Waals surface area contributed by atoms with Crippen LogP contribution in [0.4, 0.5) is 0 Å². The minimum absolute atomic E-state index is 0.191. The first-order valence-corrected chi connectivity index (χ1v) is 8.37. The van der Waals surface area contributed by atoms with Gasteiger partial charge in [-0.1, -0.05) is 25.2 Å². The van der Waals surface area contributed by atoms with Crippen molar-refractivity contribution in [3.05, 3.63) is 23.8 Å². The Morgan fingerprint density at radius 2 is 1.93 bits per heavy atom. The summed E-state index contributed by atoms with van der Waals surface area (Å²) in [5, 5.41) is 0. The van der Waals surface area contributed by atoms with E-state index >= 15 is 0 Å². The molecule has 0 aliphatic rings. The van der Waals surface area contributed by atoms with E-state index in [1.807, 2.05) is 45.6 Å². The van der Waals surface area contributed by atoms with Crippen molar-refractivity contribution < 1.29 is 9.22 Å². The fourth-order valence-corrected chi connectivity index (χ4v) is 1.63. The van der Waals surface area contributed by atoms with Crippen molar-refractivity contribution in [2.24, 2.45) is 0 Å². The average Bonchev–Trinajstić information content (AvgIpc) is 2.01. The Hall–Kier alpha value is -0.833. The van der Waals surface area contributed by atoms with Crippen LogP contribution in [0.1, 0.15) is 20.3 Å². The molecule has 0 amide bonds. The normalized spacial score (nSPS) is 13.4. The van der Waals surface area contributed by atoms with Gasteiger partial charge in [-0.15, -0.1) is 0 Å². The monoisotopic (exact) mass is 212 g/mol. The maximum atomic E-state index is 11.6. The third-order valence-corrected chi connectivity index (χ3v) is 2.20. The van der Waals surface area contributed by atoms with Crippen molar-refractivity contribution in [1.82, 2.24) is 0 Å². The molecule has 0 aromatic rings. The third-order valence-electron chi connectivity index (χ3n) is 1.40. The lowest BCUT2D eigenvalue weighted by Crippen LogP contribution is -2.29. The van der Waals surface area contributed by atoms with Crippen LogP contribution in [-0.2, 0) is 9.22 Å². The summed E-state index contributed by atoms with van der Waals surface area (Å²) in [6.45, 7) is 9.91. The molecule has 0 aliphatic carbocycles. The molecule has 0 radical (unpaired) electrons.